The molecule has 0 radical (unpaired) electrons. The van der Waals surface area contributed by atoms with Crippen LogP contribution in [0.2, 0.25) is 0 Å². The minimum absolute atomic E-state index is 0.679. The SMILES string of the molecule is CN=C(NCc1cc(OC)c(OC)cc1Br)N1CCCC(C)C1. The summed E-state index contributed by atoms with van der Waals surface area (Å²) in [6.07, 6.45) is 2.52. The number of guanidine groups is 1. The van der Waals surface area contributed by atoms with Crippen molar-refractivity contribution in [3.63, 3.8) is 0 Å². The van der Waals surface area contributed by atoms with Gasteiger partial charge in [0.2, 0.25) is 0 Å². The van der Waals surface area contributed by atoms with Crippen LogP contribution < -0.4 is 14.8 Å². The van der Waals surface area contributed by atoms with E-state index in [0.29, 0.717) is 6.54 Å². The number of likely N-dealkylation sites (tertiary alicyclic amines) is 1. The summed E-state index contributed by atoms with van der Waals surface area (Å²) in [5.41, 5.74) is 1.11. The second-order valence-electron chi connectivity index (χ2n) is 5.89. The number of hydrogen-bond donors (Lipinski definition) is 1. The Hall–Kier alpha value is -1.43. The molecule has 6 heteroatoms. The van der Waals surface area contributed by atoms with Crippen molar-refractivity contribution in [1.82, 2.24) is 10.2 Å². The van der Waals surface area contributed by atoms with Gasteiger partial charge in [0.25, 0.3) is 0 Å². The van der Waals surface area contributed by atoms with E-state index in [1.165, 1.54) is 12.8 Å². The van der Waals surface area contributed by atoms with Gasteiger partial charge in [0.1, 0.15) is 0 Å². The number of hydrogen-bond acceptors (Lipinski definition) is 3. The fourth-order valence-electron chi connectivity index (χ4n) is 2.92. The van der Waals surface area contributed by atoms with Gasteiger partial charge in [0, 0.05) is 31.2 Å². The number of halogens is 1. The van der Waals surface area contributed by atoms with Crippen LogP contribution in [0.5, 0.6) is 11.5 Å². The monoisotopic (exact) mass is 383 g/mol. The quantitative estimate of drug-likeness (QED) is 0.640. The minimum atomic E-state index is 0.679. The Bertz CT molecular complexity index is 563. The van der Waals surface area contributed by atoms with E-state index in [4.69, 9.17) is 9.47 Å². The molecule has 1 aromatic rings. The van der Waals surface area contributed by atoms with E-state index in [1.54, 1.807) is 14.2 Å². The number of benzene rings is 1. The minimum Gasteiger partial charge on any atom is -0.493 e. The summed E-state index contributed by atoms with van der Waals surface area (Å²) in [7, 11) is 5.13. The molecule has 1 aliphatic heterocycles. The van der Waals surface area contributed by atoms with Crippen LogP contribution in [0.4, 0.5) is 0 Å². The Morgan fingerprint density at radius 1 is 1.35 bits per heavy atom. The maximum Gasteiger partial charge on any atom is 0.193 e. The van der Waals surface area contributed by atoms with E-state index < -0.39 is 0 Å². The number of methoxy groups -OCH3 is 2. The fourth-order valence-corrected chi connectivity index (χ4v) is 3.38. The van der Waals surface area contributed by atoms with E-state index >= 15 is 0 Å². The van der Waals surface area contributed by atoms with Gasteiger partial charge in [-0.05, 0) is 36.5 Å². The van der Waals surface area contributed by atoms with Crippen molar-refractivity contribution in [2.45, 2.75) is 26.3 Å². The summed E-state index contributed by atoms with van der Waals surface area (Å²) < 4.78 is 11.7. The summed E-state index contributed by atoms with van der Waals surface area (Å²) >= 11 is 3.60. The molecule has 128 valence electrons. The first-order chi connectivity index (χ1) is 11.1. The van der Waals surface area contributed by atoms with Crippen LogP contribution >= 0.6 is 15.9 Å². The highest BCUT2D eigenvalue weighted by Crippen LogP contribution is 2.33. The number of ether oxygens (including phenoxy) is 2. The van der Waals surface area contributed by atoms with Crippen molar-refractivity contribution in [3.8, 4) is 11.5 Å². The zero-order valence-electron chi connectivity index (χ0n) is 14.4. The predicted molar refractivity (Wildman–Crippen MR) is 97.4 cm³/mol. The average Bonchev–Trinajstić information content (AvgIpc) is 2.56. The molecule has 1 N–H and O–H groups in total. The van der Waals surface area contributed by atoms with Crippen molar-refractivity contribution >= 4 is 21.9 Å². The lowest BCUT2D eigenvalue weighted by Gasteiger charge is -2.33. The molecule has 1 aromatic carbocycles. The van der Waals surface area contributed by atoms with Gasteiger partial charge in [-0.25, -0.2) is 0 Å². The van der Waals surface area contributed by atoms with Crippen LogP contribution in [0, 0.1) is 5.92 Å². The molecule has 0 bridgehead atoms. The molecule has 1 aliphatic rings. The molecular formula is C17H26BrN3O2. The number of aliphatic imine (C=N–C) groups is 1. The molecule has 1 atom stereocenters. The fraction of sp³-hybridized carbons (Fsp3) is 0.588. The standard InChI is InChI=1S/C17H26BrN3O2/c1-12-6-5-7-21(11-12)17(19-2)20-10-13-8-15(22-3)16(23-4)9-14(13)18/h8-9,12H,5-7,10-11H2,1-4H3,(H,19,20). The summed E-state index contributed by atoms with van der Waals surface area (Å²) in [6, 6.07) is 3.92. The molecule has 23 heavy (non-hydrogen) atoms. The molecule has 5 nitrogen and oxygen atoms in total. The molecule has 0 spiro atoms. The molecule has 1 heterocycles. The van der Waals surface area contributed by atoms with Gasteiger partial charge in [-0.15, -0.1) is 0 Å². The van der Waals surface area contributed by atoms with Gasteiger partial charge >= 0.3 is 0 Å². The smallest absolute Gasteiger partial charge is 0.193 e. The topological polar surface area (TPSA) is 46.1 Å². The molecule has 1 saturated heterocycles. The molecular weight excluding hydrogens is 358 g/mol. The van der Waals surface area contributed by atoms with E-state index in [1.807, 2.05) is 19.2 Å². The molecule has 2 rings (SSSR count). The molecule has 0 amide bonds. The first-order valence-electron chi connectivity index (χ1n) is 7.95. The Morgan fingerprint density at radius 2 is 2.04 bits per heavy atom. The highest BCUT2D eigenvalue weighted by atomic mass is 79.9. The average molecular weight is 384 g/mol. The highest BCUT2D eigenvalue weighted by Gasteiger charge is 2.19. The number of nitrogens with one attached hydrogen (secondary N) is 1. The third kappa shape index (κ3) is 4.53. The Balaban J connectivity index is 2.07. The summed E-state index contributed by atoms with van der Waals surface area (Å²) in [6.45, 7) is 5.10. The van der Waals surface area contributed by atoms with Crippen LogP contribution in [-0.4, -0.2) is 45.2 Å². The molecule has 0 aromatic heterocycles. The second-order valence-corrected chi connectivity index (χ2v) is 6.75. The maximum atomic E-state index is 5.38. The van der Waals surface area contributed by atoms with Crippen molar-refractivity contribution in [2.24, 2.45) is 10.9 Å². The lowest BCUT2D eigenvalue weighted by Crippen LogP contribution is -2.45. The Morgan fingerprint density at radius 3 is 2.65 bits per heavy atom. The molecule has 1 unspecified atom stereocenters. The van der Waals surface area contributed by atoms with Crippen LogP contribution in [-0.2, 0) is 6.54 Å². The third-order valence-electron chi connectivity index (χ3n) is 4.16. The third-order valence-corrected chi connectivity index (χ3v) is 4.90. The zero-order chi connectivity index (χ0) is 16.8. The van der Waals surface area contributed by atoms with Gasteiger partial charge < -0.3 is 19.7 Å². The van der Waals surface area contributed by atoms with Gasteiger partial charge in [0.05, 0.1) is 14.2 Å². The van der Waals surface area contributed by atoms with Crippen molar-refractivity contribution in [3.05, 3.63) is 22.2 Å². The van der Waals surface area contributed by atoms with Gasteiger partial charge in [-0.1, -0.05) is 22.9 Å². The number of rotatable bonds is 4. The Kier molecular flexibility index (Phi) is 6.57. The largest absolute Gasteiger partial charge is 0.493 e. The summed E-state index contributed by atoms with van der Waals surface area (Å²) in [4.78, 5) is 6.76. The lowest BCUT2D eigenvalue weighted by atomic mass is 10.0. The van der Waals surface area contributed by atoms with E-state index in [9.17, 15) is 0 Å². The van der Waals surface area contributed by atoms with E-state index in [-0.39, 0.29) is 0 Å². The predicted octanol–water partition coefficient (Wildman–Crippen LogP) is 3.27. The summed E-state index contributed by atoms with van der Waals surface area (Å²) in [5, 5.41) is 3.46. The number of piperidine rings is 1. The first kappa shape index (κ1) is 17.9. The van der Waals surface area contributed by atoms with Crippen LogP contribution in [0.1, 0.15) is 25.3 Å². The van der Waals surface area contributed by atoms with Crippen molar-refractivity contribution < 1.29 is 9.47 Å². The zero-order valence-corrected chi connectivity index (χ0v) is 15.9. The van der Waals surface area contributed by atoms with Crippen molar-refractivity contribution in [1.29, 1.82) is 0 Å². The molecule has 0 aliphatic carbocycles. The van der Waals surface area contributed by atoms with Crippen LogP contribution in [0.25, 0.3) is 0 Å². The van der Waals surface area contributed by atoms with E-state index in [2.05, 4.69) is 38.1 Å². The second kappa shape index (κ2) is 8.43. The van der Waals surface area contributed by atoms with Gasteiger partial charge in [-0.2, -0.15) is 0 Å². The maximum absolute atomic E-state index is 5.38. The molecule has 1 fully saturated rings. The lowest BCUT2D eigenvalue weighted by molar-refractivity contribution is 0.266. The highest BCUT2D eigenvalue weighted by molar-refractivity contribution is 9.10. The first-order valence-corrected chi connectivity index (χ1v) is 8.74. The Labute approximate surface area is 147 Å². The molecule has 0 saturated carbocycles. The number of nitrogens with zero attached hydrogens (tertiary/aromatic N) is 2. The van der Waals surface area contributed by atoms with Gasteiger partial charge in [0.15, 0.2) is 17.5 Å². The van der Waals surface area contributed by atoms with Crippen LogP contribution in [0.15, 0.2) is 21.6 Å². The normalized spacial score (nSPS) is 18.7. The summed E-state index contributed by atoms with van der Waals surface area (Å²) in [5.74, 6) is 3.12. The van der Waals surface area contributed by atoms with Gasteiger partial charge in [-0.3, -0.25) is 4.99 Å². The van der Waals surface area contributed by atoms with Crippen LogP contribution in [0.3, 0.4) is 0 Å². The van der Waals surface area contributed by atoms with Crippen molar-refractivity contribution in [2.75, 3.05) is 34.4 Å². The van der Waals surface area contributed by atoms with E-state index in [0.717, 1.165) is 46.5 Å².